The Bertz CT molecular complexity index is 1070. The molecule has 0 fully saturated rings. The first kappa shape index (κ1) is 58.7. The molecule has 0 saturated carbocycles. The zero-order chi connectivity index (χ0) is 44.3. The number of hydrogen-bond donors (Lipinski definition) is 3. The zero-order valence-electron chi connectivity index (χ0n) is 40.2. The Morgan fingerprint density at radius 3 is 1.33 bits per heavy atom. The normalized spacial score (nSPS) is 14.4. The van der Waals surface area contributed by atoms with Crippen LogP contribution in [0.25, 0.3) is 0 Å². The number of carbonyl (C=O) groups excluding carboxylic acids is 1. The van der Waals surface area contributed by atoms with E-state index in [0.717, 1.165) is 38.5 Å². The number of likely N-dealkylation sites (N-methyl/N-ethyl adjacent to an activating group) is 1. The summed E-state index contributed by atoms with van der Waals surface area (Å²) in [5, 5.41) is 13.9. The summed E-state index contributed by atoms with van der Waals surface area (Å²) in [6, 6.07) is -0.863. The fourth-order valence-corrected chi connectivity index (χ4v) is 8.02. The molecule has 0 aliphatic rings. The summed E-state index contributed by atoms with van der Waals surface area (Å²) in [6.07, 6.45) is 53.7. The Morgan fingerprint density at radius 2 is 0.917 bits per heavy atom. The van der Waals surface area contributed by atoms with E-state index >= 15 is 0 Å². The van der Waals surface area contributed by atoms with Gasteiger partial charge >= 0.3 is 7.82 Å². The largest absolute Gasteiger partial charge is 0.472 e. The lowest BCUT2D eigenvalue weighted by Crippen LogP contribution is -2.45. The van der Waals surface area contributed by atoms with E-state index in [1.54, 1.807) is 6.08 Å². The molecule has 0 heterocycles. The van der Waals surface area contributed by atoms with Crippen molar-refractivity contribution in [2.24, 2.45) is 0 Å². The van der Waals surface area contributed by atoms with Crippen molar-refractivity contribution in [1.82, 2.24) is 5.32 Å². The SMILES string of the molecule is CCCCCCCCCC/C=C\CCCCCCCCCCCC(=O)NC(COP(=O)(O)OCC[N+](C)(C)C)C(O)/C=C/CC/C=C/CCCCCCCCCCCCC. The summed E-state index contributed by atoms with van der Waals surface area (Å²) in [5.74, 6) is -0.188. The first-order chi connectivity index (χ1) is 29.0. The molecule has 9 heteroatoms. The van der Waals surface area contributed by atoms with Gasteiger partial charge in [0, 0.05) is 6.42 Å². The molecule has 60 heavy (non-hydrogen) atoms. The summed E-state index contributed by atoms with van der Waals surface area (Å²) in [6.45, 7) is 4.81. The third-order valence-corrected chi connectivity index (χ3v) is 12.3. The molecular weight excluding hydrogens is 768 g/mol. The lowest BCUT2D eigenvalue weighted by Gasteiger charge is -2.25. The molecule has 0 radical (unpaired) electrons. The number of hydrogen-bond acceptors (Lipinski definition) is 5. The highest BCUT2D eigenvalue weighted by Crippen LogP contribution is 2.43. The molecule has 1 amide bonds. The van der Waals surface area contributed by atoms with Crippen molar-refractivity contribution in [3.8, 4) is 0 Å². The smallest absolute Gasteiger partial charge is 0.387 e. The van der Waals surface area contributed by atoms with Crippen LogP contribution < -0.4 is 5.32 Å². The minimum atomic E-state index is -4.35. The lowest BCUT2D eigenvalue weighted by molar-refractivity contribution is -0.870. The Hall–Kier alpha value is -1.28. The van der Waals surface area contributed by atoms with Gasteiger partial charge in [0.15, 0.2) is 0 Å². The number of quaternary nitrogens is 1. The third-order valence-electron chi connectivity index (χ3n) is 11.3. The Morgan fingerprint density at radius 1 is 0.550 bits per heavy atom. The highest BCUT2D eigenvalue weighted by Gasteiger charge is 2.27. The first-order valence-electron chi connectivity index (χ1n) is 25.4. The summed E-state index contributed by atoms with van der Waals surface area (Å²) in [4.78, 5) is 23.2. The van der Waals surface area contributed by atoms with Crippen LogP contribution in [-0.2, 0) is 18.4 Å². The fourth-order valence-electron chi connectivity index (χ4n) is 7.29. The summed E-state index contributed by atoms with van der Waals surface area (Å²) >= 11 is 0. The number of phosphoric acid groups is 1. The molecular formula is C51H100N2O6P+. The summed E-state index contributed by atoms with van der Waals surface area (Å²) < 4.78 is 23.6. The van der Waals surface area contributed by atoms with Crippen LogP contribution in [0.15, 0.2) is 36.5 Å². The molecule has 0 bridgehead atoms. The van der Waals surface area contributed by atoms with Gasteiger partial charge in [-0.1, -0.05) is 204 Å². The highest BCUT2D eigenvalue weighted by atomic mass is 31.2. The number of carbonyl (C=O) groups is 1. The summed E-state index contributed by atoms with van der Waals surface area (Å²) in [7, 11) is 1.56. The van der Waals surface area contributed by atoms with E-state index in [9.17, 15) is 19.4 Å². The summed E-state index contributed by atoms with van der Waals surface area (Å²) in [5.41, 5.74) is 0. The number of aliphatic hydroxyl groups excluding tert-OH is 1. The van der Waals surface area contributed by atoms with Gasteiger partial charge in [0.2, 0.25) is 5.91 Å². The predicted molar refractivity (Wildman–Crippen MR) is 258 cm³/mol. The number of phosphoric ester groups is 1. The monoisotopic (exact) mass is 868 g/mol. The predicted octanol–water partition coefficient (Wildman–Crippen LogP) is 14.6. The van der Waals surface area contributed by atoms with Gasteiger partial charge in [-0.05, 0) is 57.8 Å². The van der Waals surface area contributed by atoms with Crippen LogP contribution in [0.3, 0.4) is 0 Å². The van der Waals surface area contributed by atoms with Gasteiger partial charge in [0.1, 0.15) is 13.2 Å². The number of amides is 1. The van der Waals surface area contributed by atoms with E-state index in [1.807, 2.05) is 27.2 Å². The number of allylic oxidation sites excluding steroid dienone is 5. The number of unbranched alkanes of at least 4 members (excludes halogenated alkanes) is 29. The molecule has 0 saturated heterocycles. The van der Waals surface area contributed by atoms with E-state index in [0.29, 0.717) is 17.4 Å². The van der Waals surface area contributed by atoms with Crippen molar-refractivity contribution in [3.63, 3.8) is 0 Å². The Labute approximate surface area is 372 Å². The fraction of sp³-hybridized carbons (Fsp3) is 0.863. The molecule has 0 aromatic heterocycles. The molecule has 0 spiro atoms. The number of aliphatic hydroxyl groups is 1. The first-order valence-corrected chi connectivity index (χ1v) is 26.9. The molecule has 0 aromatic rings. The maximum absolute atomic E-state index is 12.9. The van der Waals surface area contributed by atoms with Crippen molar-refractivity contribution >= 4 is 13.7 Å². The van der Waals surface area contributed by atoms with Gasteiger partial charge in [-0.25, -0.2) is 4.57 Å². The van der Waals surface area contributed by atoms with E-state index in [2.05, 4.69) is 43.5 Å². The average molecular weight is 868 g/mol. The van der Waals surface area contributed by atoms with Crippen molar-refractivity contribution in [1.29, 1.82) is 0 Å². The second-order valence-electron chi connectivity index (χ2n) is 18.5. The lowest BCUT2D eigenvalue weighted by atomic mass is 10.0. The molecule has 8 nitrogen and oxygen atoms in total. The Balaban J connectivity index is 4.35. The van der Waals surface area contributed by atoms with E-state index < -0.39 is 20.0 Å². The highest BCUT2D eigenvalue weighted by molar-refractivity contribution is 7.47. The van der Waals surface area contributed by atoms with Crippen LogP contribution >= 0.6 is 7.82 Å². The van der Waals surface area contributed by atoms with E-state index in [4.69, 9.17) is 9.05 Å². The third kappa shape index (κ3) is 44.8. The van der Waals surface area contributed by atoms with Gasteiger partial charge in [0.25, 0.3) is 0 Å². The van der Waals surface area contributed by atoms with Gasteiger partial charge in [-0.3, -0.25) is 13.8 Å². The number of nitrogens with zero attached hydrogens (tertiary/aromatic N) is 1. The molecule has 0 aliphatic heterocycles. The van der Waals surface area contributed by atoms with Gasteiger partial charge in [-0.2, -0.15) is 0 Å². The zero-order valence-corrected chi connectivity index (χ0v) is 41.1. The van der Waals surface area contributed by atoms with Crippen molar-refractivity contribution < 1.29 is 32.9 Å². The second-order valence-corrected chi connectivity index (χ2v) is 20.0. The van der Waals surface area contributed by atoms with Gasteiger partial charge in [0.05, 0.1) is 39.9 Å². The second kappa shape index (κ2) is 43.0. The number of nitrogens with one attached hydrogen (secondary N) is 1. The maximum Gasteiger partial charge on any atom is 0.472 e. The number of rotatable bonds is 46. The van der Waals surface area contributed by atoms with Gasteiger partial charge < -0.3 is 19.8 Å². The van der Waals surface area contributed by atoms with Crippen molar-refractivity contribution in [2.75, 3.05) is 40.9 Å². The minimum absolute atomic E-state index is 0.0562. The standard InChI is InChI=1S/C51H99N2O6P/c1-6-8-10-12-14-16-18-20-22-24-25-26-27-29-31-33-35-37-39-41-43-45-51(55)52-49(48-59-60(56,57)58-47-46-53(3,4)5)50(54)44-42-40-38-36-34-32-30-28-23-21-19-17-15-13-11-9-7-2/h24-25,34,36,42,44,49-50,54H,6-23,26-33,35,37-41,43,45-48H2,1-5H3,(H-,52,55,56,57)/p+1/b25-24-,36-34+,44-42+. The molecule has 0 rings (SSSR count). The van der Waals surface area contributed by atoms with Crippen LogP contribution in [0, 0.1) is 0 Å². The van der Waals surface area contributed by atoms with Crippen LogP contribution in [0.1, 0.15) is 232 Å². The van der Waals surface area contributed by atoms with Gasteiger partial charge in [-0.15, -0.1) is 0 Å². The van der Waals surface area contributed by atoms with E-state index in [-0.39, 0.29) is 19.1 Å². The van der Waals surface area contributed by atoms with Crippen LogP contribution in [0.5, 0.6) is 0 Å². The quantitative estimate of drug-likeness (QED) is 0.0244. The maximum atomic E-state index is 12.9. The topological polar surface area (TPSA) is 105 Å². The van der Waals surface area contributed by atoms with Crippen LogP contribution in [0.2, 0.25) is 0 Å². The molecule has 3 N–H and O–H groups in total. The van der Waals surface area contributed by atoms with Crippen molar-refractivity contribution in [2.45, 2.75) is 244 Å². The van der Waals surface area contributed by atoms with E-state index in [1.165, 1.54) is 173 Å². The van der Waals surface area contributed by atoms with Crippen molar-refractivity contribution in [3.05, 3.63) is 36.5 Å². The molecule has 3 unspecified atom stereocenters. The Kier molecular flexibility index (Phi) is 42.1. The molecule has 354 valence electrons. The molecule has 3 atom stereocenters. The minimum Gasteiger partial charge on any atom is -0.387 e. The van der Waals surface area contributed by atoms with Crippen LogP contribution in [0.4, 0.5) is 0 Å². The molecule has 0 aromatic carbocycles. The molecule has 0 aliphatic carbocycles. The average Bonchev–Trinajstić information content (AvgIpc) is 3.20. The van der Waals surface area contributed by atoms with Crippen LogP contribution in [-0.4, -0.2) is 73.4 Å².